The third kappa shape index (κ3) is 5.75. The Balaban J connectivity index is 1.61. The summed E-state index contributed by atoms with van der Waals surface area (Å²) in [6.07, 6.45) is 0.775. The lowest BCUT2D eigenvalue weighted by Gasteiger charge is -2.35. The van der Waals surface area contributed by atoms with Gasteiger partial charge in [0.2, 0.25) is 0 Å². The van der Waals surface area contributed by atoms with Crippen molar-refractivity contribution in [3.63, 3.8) is 0 Å². The summed E-state index contributed by atoms with van der Waals surface area (Å²) in [6, 6.07) is 25.3. The topological polar surface area (TPSA) is 41.6 Å². The summed E-state index contributed by atoms with van der Waals surface area (Å²) in [7, 11) is 0. The molecule has 0 aromatic heterocycles. The first kappa shape index (κ1) is 23.3. The molecule has 2 unspecified atom stereocenters. The Bertz CT molecular complexity index is 1070. The summed E-state index contributed by atoms with van der Waals surface area (Å²) < 4.78 is 5.88. The maximum Gasteiger partial charge on any atom is 0.410 e. The molecule has 1 fully saturated rings. The van der Waals surface area contributed by atoms with Crippen molar-refractivity contribution in [3.05, 3.63) is 83.9 Å². The fourth-order valence-corrected chi connectivity index (χ4v) is 4.90. The van der Waals surface area contributed by atoms with E-state index in [0.29, 0.717) is 18.4 Å². The number of nitrogens with one attached hydrogen (secondary N) is 1. The predicted octanol–water partition coefficient (Wildman–Crippen LogP) is 6.22. The van der Waals surface area contributed by atoms with E-state index >= 15 is 0 Å². The van der Waals surface area contributed by atoms with Crippen molar-refractivity contribution in [1.29, 1.82) is 0 Å². The summed E-state index contributed by atoms with van der Waals surface area (Å²) in [4.78, 5) is 15.4. The van der Waals surface area contributed by atoms with Gasteiger partial charge in [-0.1, -0.05) is 72.8 Å². The number of hydrogen-bond acceptors (Lipinski definition) is 3. The molecule has 0 radical (unpaired) electrons. The van der Waals surface area contributed by atoms with Gasteiger partial charge in [-0.3, -0.25) is 0 Å². The Kier molecular flexibility index (Phi) is 7.04. The Morgan fingerprint density at radius 1 is 0.970 bits per heavy atom. The maximum absolute atomic E-state index is 13.4. The molecular weight excluding hydrogens is 408 g/mol. The van der Waals surface area contributed by atoms with Gasteiger partial charge in [0.25, 0.3) is 0 Å². The predicted molar refractivity (Wildman–Crippen MR) is 135 cm³/mol. The Morgan fingerprint density at radius 3 is 2.39 bits per heavy atom. The van der Waals surface area contributed by atoms with Gasteiger partial charge in [0, 0.05) is 6.54 Å². The monoisotopic (exact) mass is 444 g/mol. The van der Waals surface area contributed by atoms with E-state index in [4.69, 9.17) is 4.74 Å². The Hall–Kier alpha value is -2.85. The van der Waals surface area contributed by atoms with Gasteiger partial charge in [0.1, 0.15) is 5.60 Å². The molecule has 3 atom stereocenters. The number of carbonyl (C=O) groups excluding carboxylic acids is 1. The van der Waals surface area contributed by atoms with Gasteiger partial charge in [0.15, 0.2) is 0 Å². The van der Waals surface area contributed by atoms with Crippen molar-refractivity contribution >= 4 is 16.9 Å². The zero-order valence-corrected chi connectivity index (χ0v) is 20.3. The molecule has 0 saturated carbocycles. The average molecular weight is 445 g/mol. The van der Waals surface area contributed by atoms with Crippen LogP contribution in [0, 0.1) is 11.8 Å². The summed E-state index contributed by atoms with van der Waals surface area (Å²) in [6.45, 7) is 10.5. The van der Waals surface area contributed by atoms with Crippen LogP contribution in [0.1, 0.15) is 44.9 Å². The first-order valence-electron chi connectivity index (χ1n) is 12.0. The van der Waals surface area contributed by atoms with Gasteiger partial charge in [-0.15, -0.1) is 0 Å². The average Bonchev–Trinajstić information content (AvgIpc) is 3.22. The molecule has 174 valence electrons. The fraction of sp³-hybridized carbons (Fsp3) is 0.414. The van der Waals surface area contributed by atoms with Crippen LogP contribution in [0.15, 0.2) is 72.8 Å². The Morgan fingerprint density at radius 2 is 1.64 bits per heavy atom. The van der Waals surface area contributed by atoms with Crippen molar-refractivity contribution in [3.8, 4) is 0 Å². The minimum Gasteiger partial charge on any atom is -0.444 e. The fourth-order valence-electron chi connectivity index (χ4n) is 4.90. The van der Waals surface area contributed by atoms with Crippen LogP contribution in [0.3, 0.4) is 0 Å². The molecule has 1 heterocycles. The van der Waals surface area contributed by atoms with E-state index in [1.165, 1.54) is 16.3 Å². The highest BCUT2D eigenvalue weighted by Gasteiger charge is 2.34. The minimum atomic E-state index is -0.537. The summed E-state index contributed by atoms with van der Waals surface area (Å²) in [5, 5.41) is 5.94. The molecule has 1 aliphatic heterocycles. The molecule has 3 aromatic carbocycles. The number of amides is 1. The van der Waals surface area contributed by atoms with E-state index in [0.717, 1.165) is 25.1 Å². The van der Waals surface area contributed by atoms with Crippen LogP contribution >= 0.6 is 0 Å². The molecule has 3 aromatic rings. The van der Waals surface area contributed by atoms with Gasteiger partial charge < -0.3 is 15.0 Å². The second-order valence-corrected chi connectivity index (χ2v) is 10.2. The summed E-state index contributed by atoms with van der Waals surface area (Å²) >= 11 is 0. The van der Waals surface area contributed by atoms with Crippen molar-refractivity contribution in [2.75, 3.05) is 19.6 Å². The molecular formula is C29H36N2O2. The van der Waals surface area contributed by atoms with E-state index < -0.39 is 5.60 Å². The number of rotatable bonds is 6. The highest BCUT2D eigenvalue weighted by Crippen LogP contribution is 2.32. The number of carbonyl (C=O) groups is 1. The number of fused-ring (bicyclic) bond motifs is 1. The van der Waals surface area contributed by atoms with Crippen LogP contribution in [0.2, 0.25) is 0 Å². The van der Waals surface area contributed by atoms with E-state index in [2.05, 4.69) is 85.0 Å². The van der Waals surface area contributed by atoms with Crippen LogP contribution < -0.4 is 5.32 Å². The number of benzene rings is 3. The lowest BCUT2D eigenvalue weighted by molar-refractivity contribution is 0.0130. The zero-order valence-electron chi connectivity index (χ0n) is 20.3. The number of nitrogens with zero attached hydrogens (tertiary/aromatic N) is 1. The smallest absolute Gasteiger partial charge is 0.410 e. The van der Waals surface area contributed by atoms with E-state index in [1.807, 2.05) is 25.7 Å². The first-order valence-corrected chi connectivity index (χ1v) is 12.0. The van der Waals surface area contributed by atoms with Gasteiger partial charge >= 0.3 is 6.09 Å². The minimum absolute atomic E-state index is 0.0936. The largest absolute Gasteiger partial charge is 0.444 e. The molecule has 1 amide bonds. The van der Waals surface area contributed by atoms with Gasteiger partial charge in [-0.05, 0) is 80.9 Å². The Labute approximate surface area is 197 Å². The molecule has 0 bridgehead atoms. The second kappa shape index (κ2) is 9.96. The quantitative estimate of drug-likeness (QED) is 0.491. The van der Waals surface area contributed by atoms with Gasteiger partial charge in [0.05, 0.1) is 6.04 Å². The van der Waals surface area contributed by atoms with Crippen LogP contribution in [0.25, 0.3) is 10.8 Å². The molecule has 1 aliphatic rings. The zero-order chi connectivity index (χ0) is 23.4. The van der Waals surface area contributed by atoms with Crippen LogP contribution in [-0.2, 0) is 11.2 Å². The highest BCUT2D eigenvalue weighted by atomic mass is 16.6. The van der Waals surface area contributed by atoms with Crippen LogP contribution in [0.4, 0.5) is 4.79 Å². The standard InChI is InChI=1S/C29H36N2O2/c1-21(26-16-10-14-23-13-8-9-15-27(23)26)31(28(32)33-29(2,3)4)20-25-19-30-18-24(25)17-22-11-6-5-7-12-22/h5-16,21,24-25,30H,17-20H2,1-4H3/t21-,24?,25?/m1/s1. The number of ether oxygens (including phenoxy) is 1. The molecule has 1 saturated heterocycles. The lowest BCUT2D eigenvalue weighted by atomic mass is 9.88. The van der Waals surface area contributed by atoms with Crippen molar-refractivity contribution in [1.82, 2.24) is 10.2 Å². The number of hydrogen-bond donors (Lipinski definition) is 1. The van der Waals surface area contributed by atoms with Crippen molar-refractivity contribution in [2.45, 2.75) is 45.8 Å². The molecule has 33 heavy (non-hydrogen) atoms. The third-order valence-corrected chi connectivity index (χ3v) is 6.62. The summed E-state index contributed by atoms with van der Waals surface area (Å²) in [5.41, 5.74) is 1.97. The molecule has 0 aliphatic carbocycles. The molecule has 1 N–H and O–H groups in total. The first-order chi connectivity index (χ1) is 15.8. The van der Waals surface area contributed by atoms with Gasteiger partial charge in [-0.25, -0.2) is 4.79 Å². The second-order valence-electron chi connectivity index (χ2n) is 10.2. The van der Waals surface area contributed by atoms with Gasteiger partial charge in [-0.2, -0.15) is 0 Å². The SMILES string of the molecule is C[C@H](c1cccc2ccccc12)N(CC1CNCC1Cc1ccccc1)C(=O)OC(C)(C)C. The van der Waals surface area contributed by atoms with E-state index in [9.17, 15) is 4.79 Å². The maximum atomic E-state index is 13.4. The van der Waals surface area contributed by atoms with E-state index in [-0.39, 0.29) is 12.1 Å². The molecule has 4 rings (SSSR count). The molecule has 4 nitrogen and oxygen atoms in total. The lowest BCUT2D eigenvalue weighted by Crippen LogP contribution is -2.42. The third-order valence-electron chi connectivity index (χ3n) is 6.62. The van der Waals surface area contributed by atoms with Crippen molar-refractivity contribution in [2.24, 2.45) is 11.8 Å². The molecule has 0 spiro atoms. The summed E-state index contributed by atoms with van der Waals surface area (Å²) in [5.74, 6) is 0.854. The van der Waals surface area contributed by atoms with Crippen molar-refractivity contribution < 1.29 is 9.53 Å². The van der Waals surface area contributed by atoms with Crippen LogP contribution in [0.5, 0.6) is 0 Å². The van der Waals surface area contributed by atoms with E-state index in [1.54, 1.807) is 0 Å². The van der Waals surface area contributed by atoms with Crippen LogP contribution in [-0.4, -0.2) is 36.2 Å². The molecule has 4 heteroatoms. The normalized spacial score (nSPS) is 19.4. The highest BCUT2D eigenvalue weighted by molar-refractivity contribution is 5.86.